The van der Waals surface area contributed by atoms with Gasteiger partial charge in [0.2, 0.25) is 5.91 Å². The van der Waals surface area contributed by atoms with E-state index in [9.17, 15) is 4.79 Å². The van der Waals surface area contributed by atoms with Gasteiger partial charge in [-0.1, -0.05) is 0 Å². The summed E-state index contributed by atoms with van der Waals surface area (Å²) in [6.07, 6.45) is 5.38. The van der Waals surface area contributed by atoms with Crippen molar-refractivity contribution in [2.75, 3.05) is 0 Å². The summed E-state index contributed by atoms with van der Waals surface area (Å²) in [6, 6.07) is 0.0191. The third kappa shape index (κ3) is 3.23. The zero-order valence-electron chi connectivity index (χ0n) is 10.8. The Bertz CT molecular complexity index is 416. The van der Waals surface area contributed by atoms with Crippen molar-refractivity contribution in [1.82, 2.24) is 15.1 Å². The lowest BCUT2D eigenvalue weighted by Crippen LogP contribution is -2.34. The van der Waals surface area contributed by atoms with Crippen LogP contribution in [-0.2, 0) is 18.3 Å². The predicted molar refractivity (Wildman–Crippen MR) is 72.5 cm³/mol. The Morgan fingerprint density at radius 1 is 1.72 bits per heavy atom. The zero-order valence-corrected chi connectivity index (χ0v) is 11.7. The number of nitrogens with one attached hydrogen (secondary N) is 1. The molecular weight excluding hydrogens is 252 g/mol. The van der Waals surface area contributed by atoms with Crippen LogP contribution >= 0.6 is 12.4 Å². The summed E-state index contributed by atoms with van der Waals surface area (Å²) >= 11 is 0. The lowest BCUT2D eigenvalue weighted by molar-refractivity contribution is -0.122. The van der Waals surface area contributed by atoms with E-state index in [1.807, 2.05) is 24.9 Å². The van der Waals surface area contributed by atoms with Gasteiger partial charge in [0, 0.05) is 30.8 Å². The fourth-order valence-electron chi connectivity index (χ4n) is 2.40. The summed E-state index contributed by atoms with van der Waals surface area (Å²) < 4.78 is 1.90. The Labute approximate surface area is 114 Å². The molecule has 1 aliphatic rings. The summed E-state index contributed by atoms with van der Waals surface area (Å²) in [7, 11) is 1.95. The molecule has 1 aliphatic carbocycles. The summed E-state index contributed by atoms with van der Waals surface area (Å²) in [5, 5.41) is 7.30. The summed E-state index contributed by atoms with van der Waals surface area (Å²) in [4.78, 5) is 11.7. The molecule has 2 rings (SSSR count). The van der Waals surface area contributed by atoms with Crippen molar-refractivity contribution >= 4 is 18.3 Å². The van der Waals surface area contributed by atoms with Crippen molar-refractivity contribution in [3.8, 4) is 0 Å². The van der Waals surface area contributed by atoms with E-state index in [-0.39, 0.29) is 30.4 Å². The first-order chi connectivity index (χ1) is 8.08. The second kappa shape index (κ2) is 6.20. The molecule has 1 amide bonds. The molecule has 1 heterocycles. The Morgan fingerprint density at radius 2 is 2.44 bits per heavy atom. The van der Waals surface area contributed by atoms with Crippen molar-refractivity contribution in [2.45, 2.75) is 44.7 Å². The Balaban J connectivity index is 0.00000162. The number of nitrogens with two attached hydrogens (primary N) is 1. The fourth-order valence-corrected chi connectivity index (χ4v) is 2.40. The van der Waals surface area contributed by atoms with Crippen LogP contribution < -0.4 is 11.1 Å². The summed E-state index contributed by atoms with van der Waals surface area (Å²) in [6.45, 7) is 1.84. The number of rotatable bonds is 3. The average molecular weight is 273 g/mol. The van der Waals surface area contributed by atoms with Crippen LogP contribution in [0.1, 0.15) is 43.5 Å². The normalized spacial score (nSPS) is 19.6. The van der Waals surface area contributed by atoms with Crippen molar-refractivity contribution < 1.29 is 4.79 Å². The lowest BCUT2D eigenvalue weighted by Gasteiger charge is -2.24. The average Bonchev–Trinajstić information content (AvgIpc) is 2.61. The maximum Gasteiger partial charge on any atom is 0.222 e. The van der Waals surface area contributed by atoms with Crippen LogP contribution in [-0.4, -0.2) is 21.7 Å². The van der Waals surface area contributed by atoms with Crippen molar-refractivity contribution in [3.63, 3.8) is 0 Å². The van der Waals surface area contributed by atoms with Gasteiger partial charge in [-0.05, 0) is 26.2 Å². The molecule has 18 heavy (non-hydrogen) atoms. The molecule has 3 N–H and O–H groups in total. The molecule has 102 valence electrons. The quantitative estimate of drug-likeness (QED) is 0.865. The van der Waals surface area contributed by atoms with Crippen molar-refractivity contribution in [3.05, 3.63) is 17.5 Å². The fraction of sp³-hybridized carbons (Fsp3) is 0.667. The first-order valence-corrected chi connectivity index (χ1v) is 6.13. The van der Waals surface area contributed by atoms with E-state index < -0.39 is 0 Å². The van der Waals surface area contributed by atoms with Crippen LogP contribution in [0.25, 0.3) is 0 Å². The summed E-state index contributed by atoms with van der Waals surface area (Å²) in [5.74, 6) is 0.0294. The smallest absolute Gasteiger partial charge is 0.222 e. The van der Waals surface area contributed by atoms with Crippen molar-refractivity contribution in [2.24, 2.45) is 12.8 Å². The highest BCUT2D eigenvalue weighted by Crippen LogP contribution is 2.29. The highest BCUT2D eigenvalue weighted by atomic mass is 35.5. The molecule has 6 heteroatoms. The van der Waals surface area contributed by atoms with Gasteiger partial charge in [0.1, 0.15) is 0 Å². The number of carbonyl (C=O) groups excluding carboxylic acids is 1. The molecule has 1 aromatic heterocycles. The molecule has 2 atom stereocenters. The van der Waals surface area contributed by atoms with E-state index in [2.05, 4.69) is 10.4 Å². The van der Waals surface area contributed by atoms with Gasteiger partial charge in [-0.15, -0.1) is 12.4 Å². The lowest BCUT2D eigenvalue weighted by atomic mass is 9.93. The number of aryl methyl sites for hydroxylation is 1. The molecule has 5 nitrogen and oxygen atoms in total. The van der Waals surface area contributed by atoms with Crippen LogP contribution in [0.3, 0.4) is 0 Å². The first kappa shape index (κ1) is 15.0. The minimum atomic E-state index is -0.0908. The molecule has 0 spiro atoms. The molecule has 0 saturated heterocycles. The van der Waals surface area contributed by atoms with E-state index in [0.29, 0.717) is 6.42 Å². The number of carbonyl (C=O) groups is 1. The van der Waals surface area contributed by atoms with Crippen LogP contribution in [0.15, 0.2) is 6.20 Å². The molecule has 1 aromatic rings. The number of aromatic nitrogens is 2. The first-order valence-electron chi connectivity index (χ1n) is 6.13. The Kier molecular flexibility index (Phi) is 5.16. The van der Waals surface area contributed by atoms with Gasteiger partial charge in [-0.3, -0.25) is 9.48 Å². The molecular formula is C12H21ClN4O. The van der Waals surface area contributed by atoms with E-state index in [1.165, 1.54) is 5.69 Å². The van der Waals surface area contributed by atoms with Crippen LogP contribution in [0.4, 0.5) is 0 Å². The third-order valence-corrected chi connectivity index (χ3v) is 3.22. The molecule has 0 bridgehead atoms. The number of amides is 1. The van der Waals surface area contributed by atoms with Crippen LogP contribution in [0, 0.1) is 0 Å². The monoisotopic (exact) mass is 272 g/mol. The molecule has 0 fully saturated rings. The number of nitrogens with zero attached hydrogens (tertiary/aromatic N) is 2. The van der Waals surface area contributed by atoms with Crippen molar-refractivity contribution in [1.29, 1.82) is 0 Å². The highest BCUT2D eigenvalue weighted by Gasteiger charge is 2.24. The van der Waals surface area contributed by atoms with Gasteiger partial charge in [0.05, 0.1) is 12.2 Å². The number of hydrogen-bond donors (Lipinski definition) is 2. The van der Waals surface area contributed by atoms with Gasteiger partial charge in [0.25, 0.3) is 0 Å². The van der Waals surface area contributed by atoms with E-state index >= 15 is 0 Å². The van der Waals surface area contributed by atoms with E-state index in [1.54, 1.807) is 0 Å². The van der Waals surface area contributed by atoms with Crippen LogP contribution in [0.2, 0.25) is 0 Å². The second-order valence-corrected chi connectivity index (χ2v) is 4.86. The molecule has 0 aromatic carbocycles. The molecule has 0 radical (unpaired) electrons. The SMILES string of the molecule is CC(N)CC(=O)NC1CCCc2c1cnn2C.Cl. The van der Waals surface area contributed by atoms with Gasteiger partial charge in [-0.25, -0.2) is 0 Å². The minimum Gasteiger partial charge on any atom is -0.349 e. The number of fused-ring (bicyclic) bond motifs is 1. The Hall–Kier alpha value is -1.07. The highest BCUT2D eigenvalue weighted by molar-refractivity contribution is 5.85. The maximum atomic E-state index is 11.7. The summed E-state index contributed by atoms with van der Waals surface area (Å²) in [5.41, 5.74) is 8.02. The maximum absolute atomic E-state index is 11.7. The van der Waals surface area contributed by atoms with Crippen LogP contribution in [0.5, 0.6) is 0 Å². The molecule has 2 unspecified atom stereocenters. The molecule has 0 saturated carbocycles. The van der Waals surface area contributed by atoms with E-state index in [4.69, 9.17) is 5.73 Å². The third-order valence-electron chi connectivity index (χ3n) is 3.22. The van der Waals surface area contributed by atoms with Gasteiger partial charge >= 0.3 is 0 Å². The van der Waals surface area contributed by atoms with Gasteiger partial charge < -0.3 is 11.1 Å². The van der Waals surface area contributed by atoms with E-state index in [0.717, 1.165) is 24.8 Å². The van der Waals surface area contributed by atoms with Gasteiger partial charge in [-0.2, -0.15) is 5.10 Å². The predicted octanol–water partition coefficient (Wildman–Crippen LogP) is 1.07. The largest absolute Gasteiger partial charge is 0.349 e. The topological polar surface area (TPSA) is 72.9 Å². The minimum absolute atomic E-state index is 0. The molecule has 0 aliphatic heterocycles. The standard InChI is InChI=1S/C12H20N4O.ClH/c1-8(13)6-12(17)15-10-4-3-5-11-9(10)7-14-16(11)2;/h7-8,10H,3-6,13H2,1-2H3,(H,15,17);1H. The number of hydrogen-bond acceptors (Lipinski definition) is 3. The zero-order chi connectivity index (χ0) is 12.4. The Morgan fingerprint density at radius 3 is 3.11 bits per heavy atom. The second-order valence-electron chi connectivity index (χ2n) is 4.86. The van der Waals surface area contributed by atoms with Gasteiger partial charge in [0.15, 0.2) is 0 Å². The number of halogens is 1.